The molecule has 0 aromatic rings. The summed E-state index contributed by atoms with van der Waals surface area (Å²) in [5.74, 6) is 0. The van der Waals surface area contributed by atoms with Gasteiger partial charge in [-0.1, -0.05) is 47.8 Å². The molecule has 0 rings (SSSR count). The fourth-order valence-electron chi connectivity index (χ4n) is 0.380. The van der Waals surface area contributed by atoms with Crippen LogP contribution in [0.15, 0.2) is 0 Å². The Balaban J connectivity index is 4.38. The summed E-state index contributed by atoms with van der Waals surface area (Å²) >= 11 is 7.74. The van der Waals surface area contributed by atoms with Crippen molar-refractivity contribution in [3.63, 3.8) is 0 Å². The summed E-state index contributed by atoms with van der Waals surface area (Å²) in [6.07, 6.45) is -4.42. The van der Waals surface area contributed by atoms with Gasteiger partial charge in [-0.05, 0) is 6.92 Å². The van der Waals surface area contributed by atoms with Gasteiger partial charge in [0.15, 0.2) is 0 Å². The van der Waals surface area contributed by atoms with E-state index < -0.39 is 14.4 Å². The third-order valence-corrected chi connectivity index (χ3v) is 4.89. The summed E-state index contributed by atoms with van der Waals surface area (Å²) < 4.78 is 39.1. The van der Waals surface area contributed by atoms with Gasteiger partial charge in [0.05, 0.1) is 0 Å². The molecule has 0 aliphatic heterocycles. The number of alkyl halides is 6. The Morgan fingerprint density at radius 2 is 1.75 bits per heavy atom. The van der Waals surface area contributed by atoms with E-state index in [9.17, 15) is 13.2 Å². The standard InChI is InChI=1S/C5H6Br3F3O/c1-2-12-3(6)4(7,8)5(9,10)11/h3H,2H2,1H3. The van der Waals surface area contributed by atoms with Gasteiger partial charge in [-0.2, -0.15) is 13.2 Å². The first-order chi connectivity index (χ1) is 5.23. The van der Waals surface area contributed by atoms with Gasteiger partial charge in [0, 0.05) is 6.61 Å². The highest BCUT2D eigenvalue weighted by atomic mass is 79.9. The van der Waals surface area contributed by atoms with Gasteiger partial charge in [0.2, 0.25) is 3.23 Å². The molecule has 0 aliphatic rings. The fourth-order valence-corrected chi connectivity index (χ4v) is 1.17. The Labute approximate surface area is 93.4 Å². The molecule has 0 radical (unpaired) electrons. The fraction of sp³-hybridized carbons (Fsp3) is 1.00. The van der Waals surface area contributed by atoms with Gasteiger partial charge in [0.1, 0.15) is 5.01 Å². The van der Waals surface area contributed by atoms with Gasteiger partial charge < -0.3 is 4.74 Å². The maximum Gasteiger partial charge on any atom is 0.416 e. The van der Waals surface area contributed by atoms with Crippen LogP contribution in [-0.4, -0.2) is 21.0 Å². The number of rotatable bonds is 3. The number of halogens is 6. The quantitative estimate of drug-likeness (QED) is 0.679. The molecule has 0 N–H and O–H groups in total. The van der Waals surface area contributed by atoms with E-state index >= 15 is 0 Å². The molecule has 0 spiro atoms. The molecule has 0 fully saturated rings. The van der Waals surface area contributed by atoms with E-state index in [1.165, 1.54) is 0 Å². The van der Waals surface area contributed by atoms with E-state index in [0.29, 0.717) is 0 Å². The molecule has 1 atom stereocenters. The minimum absolute atomic E-state index is 0.199. The SMILES string of the molecule is CCOC(Br)C(Br)(Br)C(F)(F)F. The van der Waals surface area contributed by atoms with E-state index in [1.54, 1.807) is 6.92 Å². The lowest BCUT2D eigenvalue weighted by atomic mass is 10.4. The van der Waals surface area contributed by atoms with Crippen molar-refractivity contribution in [3.05, 3.63) is 0 Å². The normalized spacial score (nSPS) is 16.2. The second-order valence-corrected chi connectivity index (χ2v) is 6.29. The molecule has 7 heteroatoms. The van der Waals surface area contributed by atoms with Crippen molar-refractivity contribution >= 4 is 47.8 Å². The van der Waals surface area contributed by atoms with Crippen molar-refractivity contribution in [3.8, 4) is 0 Å². The Morgan fingerprint density at radius 3 is 2.00 bits per heavy atom. The molecule has 0 aromatic heterocycles. The van der Waals surface area contributed by atoms with E-state index in [1.807, 2.05) is 0 Å². The molecule has 0 aromatic carbocycles. The first-order valence-corrected chi connectivity index (χ1v) is 5.43. The first-order valence-electron chi connectivity index (χ1n) is 2.93. The monoisotopic (exact) mass is 376 g/mol. The van der Waals surface area contributed by atoms with E-state index in [2.05, 4.69) is 47.8 Å². The molecule has 1 nitrogen and oxygen atoms in total. The summed E-state index contributed by atoms with van der Waals surface area (Å²) in [6.45, 7) is 1.81. The molecule has 0 bridgehead atoms. The van der Waals surface area contributed by atoms with E-state index in [-0.39, 0.29) is 6.61 Å². The van der Waals surface area contributed by atoms with Crippen molar-refractivity contribution < 1.29 is 17.9 Å². The average Bonchev–Trinajstić information content (AvgIpc) is 1.85. The molecule has 74 valence electrons. The third kappa shape index (κ3) is 3.16. The zero-order valence-electron chi connectivity index (χ0n) is 5.96. The molecule has 0 aliphatic carbocycles. The zero-order valence-corrected chi connectivity index (χ0v) is 10.7. The predicted octanol–water partition coefficient (Wildman–Crippen LogP) is 3.79. The summed E-state index contributed by atoms with van der Waals surface area (Å²) in [5.41, 5.74) is 0. The van der Waals surface area contributed by atoms with E-state index in [0.717, 1.165) is 0 Å². The predicted molar refractivity (Wildman–Crippen MR) is 51.0 cm³/mol. The van der Waals surface area contributed by atoms with Crippen LogP contribution < -0.4 is 0 Å². The van der Waals surface area contributed by atoms with Gasteiger partial charge >= 0.3 is 6.18 Å². The summed E-state index contributed by atoms with van der Waals surface area (Å²) in [6, 6.07) is 0. The van der Waals surface area contributed by atoms with Crippen LogP contribution >= 0.6 is 47.8 Å². The van der Waals surface area contributed by atoms with Crippen LogP contribution in [0.25, 0.3) is 0 Å². The van der Waals surface area contributed by atoms with Crippen LogP contribution in [0.1, 0.15) is 6.92 Å². The second-order valence-electron chi connectivity index (χ2n) is 1.89. The molecular formula is C5H6Br3F3O. The number of ether oxygens (including phenoxy) is 1. The van der Waals surface area contributed by atoms with Gasteiger partial charge in [-0.25, -0.2) is 0 Å². The van der Waals surface area contributed by atoms with Crippen molar-refractivity contribution in [2.45, 2.75) is 21.3 Å². The maximum atomic E-state index is 12.2. The smallest absolute Gasteiger partial charge is 0.365 e. The minimum Gasteiger partial charge on any atom is -0.365 e. The highest BCUT2D eigenvalue weighted by Gasteiger charge is 2.56. The van der Waals surface area contributed by atoms with Crippen LogP contribution in [-0.2, 0) is 4.74 Å². The summed E-state index contributed by atoms with van der Waals surface area (Å²) in [7, 11) is 0. The largest absolute Gasteiger partial charge is 0.416 e. The first kappa shape index (κ1) is 13.2. The Hall–Kier alpha value is 1.19. The highest BCUT2D eigenvalue weighted by Crippen LogP contribution is 2.48. The molecular weight excluding hydrogens is 373 g/mol. The van der Waals surface area contributed by atoms with Crippen LogP contribution in [0, 0.1) is 0 Å². The van der Waals surface area contributed by atoms with Gasteiger partial charge in [-0.3, -0.25) is 0 Å². The van der Waals surface area contributed by atoms with Gasteiger partial charge in [-0.15, -0.1) is 0 Å². The van der Waals surface area contributed by atoms with Crippen LogP contribution in [0.2, 0.25) is 0 Å². The zero-order chi connectivity index (χ0) is 9.99. The number of hydrogen-bond acceptors (Lipinski definition) is 1. The summed E-state index contributed by atoms with van der Waals surface area (Å²) in [4.78, 5) is 0. The molecule has 0 amide bonds. The Kier molecular flexibility index (Phi) is 5.07. The van der Waals surface area contributed by atoms with Crippen molar-refractivity contribution in [2.75, 3.05) is 6.61 Å². The molecule has 0 heterocycles. The van der Waals surface area contributed by atoms with Crippen molar-refractivity contribution in [2.24, 2.45) is 0 Å². The Morgan fingerprint density at radius 1 is 1.33 bits per heavy atom. The second kappa shape index (κ2) is 4.61. The lowest BCUT2D eigenvalue weighted by Crippen LogP contribution is -2.42. The van der Waals surface area contributed by atoms with Gasteiger partial charge in [0.25, 0.3) is 0 Å². The third-order valence-electron chi connectivity index (χ3n) is 0.976. The van der Waals surface area contributed by atoms with Crippen LogP contribution in [0.4, 0.5) is 13.2 Å². The summed E-state index contributed by atoms with van der Waals surface area (Å²) in [5, 5.41) is -1.16. The minimum atomic E-state index is -4.42. The highest BCUT2D eigenvalue weighted by molar-refractivity contribution is 9.26. The number of hydrogen-bond donors (Lipinski definition) is 0. The average molecular weight is 379 g/mol. The van der Waals surface area contributed by atoms with Crippen molar-refractivity contribution in [1.29, 1.82) is 0 Å². The maximum absolute atomic E-state index is 12.2. The molecule has 1 unspecified atom stereocenters. The lowest BCUT2D eigenvalue weighted by Gasteiger charge is -2.28. The molecule has 0 saturated heterocycles. The van der Waals surface area contributed by atoms with Crippen LogP contribution in [0.3, 0.4) is 0 Å². The lowest BCUT2D eigenvalue weighted by molar-refractivity contribution is -0.147. The molecule has 0 saturated carbocycles. The van der Waals surface area contributed by atoms with Crippen LogP contribution in [0.5, 0.6) is 0 Å². The van der Waals surface area contributed by atoms with Crippen molar-refractivity contribution in [1.82, 2.24) is 0 Å². The van der Waals surface area contributed by atoms with E-state index in [4.69, 9.17) is 4.74 Å². The topological polar surface area (TPSA) is 9.23 Å². The Bertz CT molecular complexity index is 147. The molecule has 12 heavy (non-hydrogen) atoms.